The minimum Gasteiger partial charge on any atom is -0.376 e. The number of anilines is 1. The SMILES string of the molecule is Cc1cccc(NS(=O)(=O)c2cc(C(=O)NC[C@H]3CCCO3)ccc2Cl)c1. The quantitative estimate of drug-likeness (QED) is 0.767. The van der Waals surface area contributed by atoms with E-state index in [2.05, 4.69) is 10.0 Å². The van der Waals surface area contributed by atoms with Crippen LogP contribution in [0.2, 0.25) is 5.02 Å². The van der Waals surface area contributed by atoms with Crippen molar-refractivity contribution in [2.45, 2.75) is 30.8 Å². The van der Waals surface area contributed by atoms with Gasteiger partial charge in [-0.2, -0.15) is 0 Å². The van der Waals surface area contributed by atoms with E-state index in [0.29, 0.717) is 18.8 Å². The number of rotatable bonds is 6. The summed E-state index contributed by atoms with van der Waals surface area (Å²) in [5.74, 6) is -0.367. The van der Waals surface area contributed by atoms with Crippen LogP contribution >= 0.6 is 11.6 Å². The zero-order valence-electron chi connectivity index (χ0n) is 14.9. The second kappa shape index (κ2) is 8.29. The van der Waals surface area contributed by atoms with Crippen molar-refractivity contribution in [1.29, 1.82) is 0 Å². The average Bonchev–Trinajstić information content (AvgIpc) is 3.13. The maximum Gasteiger partial charge on any atom is 0.263 e. The molecule has 1 amide bonds. The molecule has 27 heavy (non-hydrogen) atoms. The fraction of sp³-hybridized carbons (Fsp3) is 0.316. The summed E-state index contributed by atoms with van der Waals surface area (Å²) in [7, 11) is -3.93. The van der Waals surface area contributed by atoms with Gasteiger partial charge in [-0.1, -0.05) is 23.7 Å². The van der Waals surface area contributed by atoms with Crippen molar-refractivity contribution in [2.24, 2.45) is 0 Å². The molecule has 2 N–H and O–H groups in total. The molecule has 1 saturated heterocycles. The number of sulfonamides is 1. The van der Waals surface area contributed by atoms with Crippen molar-refractivity contribution >= 4 is 33.2 Å². The Balaban J connectivity index is 1.78. The molecule has 1 atom stereocenters. The third-order valence-electron chi connectivity index (χ3n) is 4.27. The van der Waals surface area contributed by atoms with Crippen LogP contribution in [0, 0.1) is 6.92 Å². The molecule has 0 unspecified atom stereocenters. The minimum absolute atomic E-state index is 0.00689. The highest BCUT2D eigenvalue weighted by Gasteiger charge is 2.21. The lowest BCUT2D eigenvalue weighted by molar-refractivity contribution is 0.0857. The minimum atomic E-state index is -3.93. The van der Waals surface area contributed by atoms with Crippen LogP contribution in [0.1, 0.15) is 28.8 Å². The van der Waals surface area contributed by atoms with E-state index in [-0.39, 0.29) is 27.5 Å². The molecule has 144 valence electrons. The molecule has 0 aliphatic carbocycles. The van der Waals surface area contributed by atoms with Crippen LogP contribution in [-0.2, 0) is 14.8 Å². The van der Waals surface area contributed by atoms with Gasteiger partial charge in [-0.25, -0.2) is 8.42 Å². The Bertz CT molecular complexity index is 940. The number of ether oxygens (including phenoxy) is 1. The molecule has 1 fully saturated rings. The van der Waals surface area contributed by atoms with Crippen molar-refractivity contribution in [1.82, 2.24) is 5.32 Å². The molecule has 1 aliphatic heterocycles. The summed E-state index contributed by atoms with van der Waals surface area (Å²) >= 11 is 6.09. The second-order valence-electron chi connectivity index (χ2n) is 6.47. The number of halogens is 1. The van der Waals surface area contributed by atoms with Gasteiger partial charge in [-0.3, -0.25) is 9.52 Å². The molecule has 6 nitrogen and oxygen atoms in total. The van der Waals surface area contributed by atoms with Gasteiger partial charge in [0.25, 0.3) is 15.9 Å². The van der Waals surface area contributed by atoms with E-state index in [9.17, 15) is 13.2 Å². The van der Waals surface area contributed by atoms with Crippen LogP contribution in [0.15, 0.2) is 47.4 Å². The number of aryl methyl sites for hydroxylation is 1. The largest absolute Gasteiger partial charge is 0.376 e. The lowest BCUT2D eigenvalue weighted by Gasteiger charge is -2.13. The van der Waals surface area contributed by atoms with Gasteiger partial charge in [-0.05, 0) is 55.7 Å². The molecule has 0 spiro atoms. The fourth-order valence-electron chi connectivity index (χ4n) is 2.88. The van der Waals surface area contributed by atoms with E-state index in [1.54, 1.807) is 18.2 Å². The third kappa shape index (κ3) is 5.00. The van der Waals surface area contributed by atoms with Gasteiger partial charge in [0.15, 0.2) is 0 Å². The summed E-state index contributed by atoms with van der Waals surface area (Å²) in [5, 5.41) is 2.82. The smallest absolute Gasteiger partial charge is 0.263 e. The standard InChI is InChI=1S/C19H21ClN2O4S/c1-13-4-2-5-15(10-13)22-27(24,25)18-11-14(7-8-17(18)20)19(23)21-12-16-6-3-9-26-16/h2,4-5,7-8,10-11,16,22H,3,6,9,12H2,1H3,(H,21,23)/t16-/m1/s1. The molecule has 1 heterocycles. The highest BCUT2D eigenvalue weighted by atomic mass is 35.5. The second-order valence-corrected chi connectivity index (χ2v) is 8.52. The number of nitrogens with one attached hydrogen (secondary N) is 2. The third-order valence-corrected chi connectivity index (χ3v) is 6.13. The monoisotopic (exact) mass is 408 g/mol. The topological polar surface area (TPSA) is 84.5 Å². The predicted molar refractivity (Wildman–Crippen MR) is 105 cm³/mol. The van der Waals surface area contributed by atoms with E-state index >= 15 is 0 Å². The summed E-state index contributed by atoms with van der Waals surface area (Å²) in [6.07, 6.45) is 1.89. The first-order valence-corrected chi connectivity index (χ1v) is 10.5. The normalized spacial score (nSPS) is 16.9. The summed E-state index contributed by atoms with van der Waals surface area (Å²) in [5.41, 5.74) is 1.57. The molecule has 2 aromatic carbocycles. The van der Waals surface area contributed by atoms with Crippen molar-refractivity contribution in [2.75, 3.05) is 17.9 Å². The first-order valence-electron chi connectivity index (χ1n) is 8.64. The average molecular weight is 409 g/mol. The fourth-order valence-corrected chi connectivity index (χ4v) is 4.46. The molecule has 8 heteroatoms. The van der Waals surface area contributed by atoms with E-state index < -0.39 is 10.0 Å². The van der Waals surface area contributed by atoms with Crippen LogP contribution < -0.4 is 10.0 Å². The van der Waals surface area contributed by atoms with Crippen LogP contribution in [0.3, 0.4) is 0 Å². The zero-order chi connectivity index (χ0) is 19.4. The summed E-state index contributed by atoms with van der Waals surface area (Å²) in [6.45, 7) is 2.96. The van der Waals surface area contributed by atoms with Crippen LogP contribution in [0.25, 0.3) is 0 Å². The summed E-state index contributed by atoms with van der Waals surface area (Å²) < 4.78 is 33.4. The van der Waals surface area contributed by atoms with Crippen molar-refractivity contribution in [3.8, 4) is 0 Å². The molecule has 3 rings (SSSR count). The molecule has 1 aliphatic rings. The van der Waals surface area contributed by atoms with Gasteiger partial charge in [0, 0.05) is 24.4 Å². The lowest BCUT2D eigenvalue weighted by Crippen LogP contribution is -2.31. The van der Waals surface area contributed by atoms with Crippen molar-refractivity contribution in [3.63, 3.8) is 0 Å². The summed E-state index contributed by atoms with van der Waals surface area (Å²) in [6, 6.07) is 11.2. The summed E-state index contributed by atoms with van der Waals surface area (Å²) in [4.78, 5) is 12.2. The number of benzene rings is 2. The Morgan fingerprint density at radius 3 is 2.78 bits per heavy atom. The van der Waals surface area contributed by atoms with Gasteiger partial charge in [0.2, 0.25) is 0 Å². The number of carbonyl (C=O) groups is 1. The van der Waals surface area contributed by atoms with Gasteiger partial charge in [-0.15, -0.1) is 0 Å². The van der Waals surface area contributed by atoms with E-state index in [4.69, 9.17) is 16.3 Å². The number of hydrogen-bond donors (Lipinski definition) is 2. The van der Waals surface area contributed by atoms with E-state index in [1.165, 1.54) is 18.2 Å². The number of amides is 1. The highest BCUT2D eigenvalue weighted by Crippen LogP contribution is 2.25. The first kappa shape index (κ1) is 19.7. The number of hydrogen-bond acceptors (Lipinski definition) is 4. The molecule has 0 radical (unpaired) electrons. The highest BCUT2D eigenvalue weighted by molar-refractivity contribution is 7.92. The van der Waals surface area contributed by atoms with Gasteiger partial charge in [0.1, 0.15) is 4.90 Å². The lowest BCUT2D eigenvalue weighted by atomic mass is 10.2. The van der Waals surface area contributed by atoms with E-state index in [1.807, 2.05) is 13.0 Å². The predicted octanol–water partition coefficient (Wildman–Crippen LogP) is 3.36. The Morgan fingerprint density at radius 2 is 2.07 bits per heavy atom. The Morgan fingerprint density at radius 1 is 1.26 bits per heavy atom. The van der Waals surface area contributed by atoms with Crippen LogP contribution in [0.4, 0.5) is 5.69 Å². The molecule has 0 bridgehead atoms. The molecule has 0 saturated carbocycles. The van der Waals surface area contributed by atoms with Crippen molar-refractivity contribution in [3.05, 3.63) is 58.6 Å². The van der Waals surface area contributed by atoms with Crippen LogP contribution in [0.5, 0.6) is 0 Å². The van der Waals surface area contributed by atoms with E-state index in [0.717, 1.165) is 18.4 Å². The molecule has 2 aromatic rings. The Kier molecular flexibility index (Phi) is 6.04. The number of carbonyl (C=O) groups excluding carboxylic acids is 1. The Hall–Kier alpha value is -2.09. The maximum atomic E-state index is 12.7. The molecule has 0 aromatic heterocycles. The Labute approximate surface area is 163 Å². The van der Waals surface area contributed by atoms with Gasteiger partial charge in [0.05, 0.1) is 11.1 Å². The van der Waals surface area contributed by atoms with Gasteiger partial charge >= 0.3 is 0 Å². The van der Waals surface area contributed by atoms with Crippen molar-refractivity contribution < 1.29 is 17.9 Å². The molecular weight excluding hydrogens is 388 g/mol. The maximum absolute atomic E-state index is 12.7. The van der Waals surface area contributed by atoms with Gasteiger partial charge < -0.3 is 10.1 Å². The first-order chi connectivity index (χ1) is 12.8. The zero-order valence-corrected chi connectivity index (χ0v) is 16.4. The van der Waals surface area contributed by atoms with Crippen LogP contribution in [-0.4, -0.2) is 33.6 Å². The molecular formula is C19H21ClN2O4S.